The third kappa shape index (κ3) is 5.76. The van der Waals surface area contributed by atoms with Gasteiger partial charge in [-0.2, -0.15) is 0 Å². The molecule has 2 N–H and O–H groups in total. The number of piperidine rings is 1. The number of halogens is 1. The van der Waals surface area contributed by atoms with Crippen molar-refractivity contribution >= 4 is 46.1 Å². The van der Waals surface area contributed by atoms with Crippen LogP contribution in [0.5, 0.6) is 0 Å². The number of nitrogens with zero attached hydrogens (tertiary/aromatic N) is 1. The maximum atomic E-state index is 12.8. The molecule has 2 amide bonds. The number of carbonyl (C=O) groups is 2. The van der Waals surface area contributed by atoms with Crippen molar-refractivity contribution in [3.05, 3.63) is 81.0 Å². The minimum Gasteiger partial charge on any atom is -0.322 e. The van der Waals surface area contributed by atoms with E-state index < -0.39 is 0 Å². The van der Waals surface area contributed by atoms with Gasteiger partial charge in [0.15, 0.2) is 0 Å². The molecule has 166 valence electrons. The SMILES string of the molecule is CC1CCCN(Cc2ccc(NC(=O)c3ccc(Cl)c(NC(=O)c4cccs4)c3)cc2)C1. The monoisotopic (exact) mass is 467 g/mol. The third-order valence-corrected chi connectivity index (χ3v) is 6.78. The number of benzene rings is 2. The molecule has 7 heteroatoms. The lowest BCUT2D eigenvalue weighted by Gasteiger charge is -2.30. The smallest absolute Gasteiger partial charge is 0.265 e. The lowest BCUT2D eigenvalue weighted by atomic mass is 10.00. The first kappa shape index (κ1) is 22.5. The van der Waals surface area contributed by atoms with Crippen LogP contribution in [0, 0.1) is 5.92 Å². The fourth-order valence-corrected chi connectivity index (χ4v) is 4.72. The van der Waals surface area contributed by atoms with E-state index in [0.717, 1.165) is 31.2 Å². The highest BCUT2D eigenvalue weighted by atomic mass is 35.5. The van der Waals surface area contributed by atoms with Gasteiger partial charge in [0.25, 0.3) is 11.8 Å². The Morgan fingerprint density at radius 3 is 2.62 bits per heavy atom. The topological polar surface area (TPSA) is 61.4 Å². The molecule has 0 bridgehead atoms. The minimum absolute atomic E-state index is 0.252. The quantitative estimate of drug-likeness (QED) is 0.457. The zero-order valence-corrected chi connectivity index (χ0v) is 19.5. The lowest BCUT2D eigenvalue weighted by Crippen LogP contribution is -2.33. The van der Waals surface area contributed by atoms with E-state index in [4.69, 9.17) is 11.6 Å². The summed E-state index contributed by atoms with van der Waals surface area (Å²) in [4.78, 5) is 28.2. The van der Waals surface area contributed by atoms with Crippen LogP contribution in [0.1, 0.15) is 45.4 Å². The van der Waals surface area contributed by atoms with Crippen molar-refractivity contribution in [3.63, 3.8) is 0 Å². The highest BCUT2D eigenvalue weighted by Gasteiger charge is 2.16. The predicted octanol–water partition coefficient (Wildman–Crippen LogP) is 6.14. The molecule has 1 saturated heterocycles. The van der Waals surface area contributed by atoms with Crippen molar-refractivity contribution in [3.8, 4) is 0 Å². The van der Waals surface area contributed by atoms with Gasteiger partial charge in [0.2, 0.25) is 0 Å². The molecule has 2 aromatic carbocycles. The second kappa shape index (κ2) is 10.3. The van der Waals surface area contributed by atoms with Gasteiger partial charge in [-0.25, -0.2) is 0 Å². The highest BCUT2D eigenvalue weighted by molar-refractivity contribution is 7.12. The maximum Gasteiger partial charge on any atom is 0.265 e. The number of thiophene rings is 1. The fourth-order valence-electron chi connectivity index (χ4n) is 3.94. The van der Waals surface area contributed by atoms with Gasteiger partial charge < -0.3 is 10.6 Å². The zero-order valence-electron chi connectivity index (χ0n) is 17.9. The summed E-state index contributed by atoms with van der Waals surface area (Å²) in [7, 11) is 0. The molecular formula is C25H26ClN3O2S. The molecular weight excluding hydrogens is 442 g/mol. The molecule has 0 spiro atoms. The Balaban J connectivity index is 1.38. The van der Waals surface area contributed by atoms with Gasteiger partial charge in [0, 0.05) is 24.3 Å². The van der Waals surface area contributed by atoms with Crippen LogP contribution >= 0.6 is 22.9 Å². The van der Waals surface area contributed by atoms with Crippen LogP contribution in [0.25, 0.3) is 0 Å². The average Bonchev–Trinajstić information content (AvgIpc) is 3.32. The number of hydrogen-bond donors (Lipinski definition) is 2. The molecule has 5 nitrogen and oxygen atoms in total. The molecule has 1 unspecified atom stereocenters. The van der Waals surface area contributed by atoms with Crippen molar-refractivity contribution in [2.24, 2.45) is 5.92 Å². The van der Waals surface area contributed by atoms with Crippen molar-refractivity contribution in [1.29, 1.82) is 0 Å². The largest absolute Gasteiger partial charge is 0.322 e. The van der Waals surface area contributed by atoms with Crippen molar-refractivity contribution in [1.82, 2.24) is 4.90 Å². The van der Waals surface area contributed by atoms with Crippen LogP contribution in [-0.2, 0) is 6.54 Å². The first-order valence-electron chi connectivity index (χ1n) is 10.7. The molecule has 0 saturated carbocycles. The summed E-state index contributed by atoms with van der Waals surface area (Å²) in [6.07, 6.45) is 2.57. The summed E-state index contributed by atoms with van der Waals surface area (Å²) in [5.41, 5.74) is 2.79. The van der Waals surface area contributed by atoms with E-state index in [2.05, 4.69) is 34.6 Å². The third-order valence-electron chi connectivity index (χ3n) is 5.58. The van der Waals surface area contributed by atoms with Crippen LogP contribution < -0.4 is 10.6 Å². The molecule has 3 aromatic rings. The summed E-state index contributed by atoms with van der Waals surface area (Å²) in [6.45, 7) is 5.52. The molecule has 1 aliphatic rings. The van der Waals surface area contributed by atoms with Gasteiger partial charge in [0.1, 0.15) is 0 Å². The Hall–Kier alpha value is -2.67. The Labute approximate surface area is 197 Å². The molecule has 0 aliphatic carbocycles. The van der Waals surface area contributed by atoms with Crippen LogP contribution in [0.2, 0.25) is 5.02 Å². The Bertz CT molecular complexity index is 1080. The Morgan fingerprint density at radius 2 is 1.91 bits per heavy atom. The maximum absolute atomic E-state index is 12.8. The lowest BCUT2D eigenvalue weighted by molar-refractivity contribution is 0.101. The highest BCUT2D eigenvalue weighted by Crippen LogP contribution is 2.25. The summed E-state index contributed by atoms with van der Waals surface area (Å²) >= 11 is 7.57. The number of likely N-dealkylation sites (tertiary alicyclic amines) is 1. The normalized spacial score (nSPS) is 16.5. The zero-order chi connectivity index (χ0) is 22.5. The average molecular weight is 468 g/mol. The van der Waals surface area contributed by atoms with E-state index in [1.54, 1.807) is 24.3 Å². The van der Waals surface area contributed by atoms with E-state index in [1.165, 1.54) is 29.7 Å². The molecule has 4 rings (SSSR count). The van der Waals surface area contributed by atoms with E-state index in [-0.39, 0.29) is 11.8 Å². The van der Waals surface area contributed by atoms with Gasteiger partial charge in [0.05, 0.1) is 15.6 Å². The van der Waals surface area contributed by atoms with Crippen LogP contribution in [-0.4, -0.2) is 29.8 Å². The second-order valence-corrected chi connectivity index (χ2v) is 9.61. The van der Waals surface area contributed by atoms with E-state index in [9.17, 15) is 9.59 Å². The molecule has 1 fully saturated rings. The predicted molar refractivity (Wildman–Crippen MR) is 132 cm³/mol. The van der Waals surface area contributed by atoms with Crippen LogP contribution in [0.3, 0.4) is 0 Å². The van der Waals surface area contributed by atoms with Crippen molar-refractivity contribution < 1.29 is 9.59 Å². The van der Waals surface area contributed by atoms with Gasteiger partial charge in [-0.3, -0.25) is 14.5 Å². The van der Waals surface area contributed by atoms with Gasteiger partial charge in [-0.1, -0.05) is 36.7 Å². The number of rotatable bonds is 6. The van der Waals surface area contributed by atoms with Crippen molar-refractivity contribution in [2.75, 3.05) is 23.7 Å². The first-order chi connectivity index (χ1) is 15.5. The summed E-state index contributed by atoms with van der Waals surface area (Å²) < 4.78 is 0. The van der Waals surface area contributed by atoms with E-state index in [1.807, 2.05) is 23.6 Å². The van der Waals surface area contributed by atoms with Crippen molar-refractivity contribution in [2.45, 2.75) is 26.3 Å². The number of nitrogens with one attached hydrogen (secondary N) is 2. The number of amides is 2. The summed E-state index contributed by atoms with van der Waals surface area (Å²) in [5.74, 6) is 0.241. The fraction of sp³-hybridized carbons (Fsp3) is 0.280. The number of anilines is 2. The van der Waals surface area contributed by atoms with Crippen LogP contribution in [0.4, 0.5) is 11.4 Å². The van der Waals surface area contributed by atoms with Gasteiger partial charge in [-0.15, -0.1) is 11.3 Å². The Morgan fingerprint density at radius 1 is 1.09 bits per heavy atom. The summed E-state index contributed by atoms with van der Waals surface area (Å²) in [5, 5.41) is 7.90. The van der Waals surface area contributed by atoms with Crippen LogP contribution in [0.15, 0.2) is 60.0 Å². The second-order valence-electron chi connectivity index (χ2n) is 8.26. The number of hydrogen-bond acceptors (Lipinski definition) is 4. The standard InChI is InChI=1S/C25H26ClN3O2S/c1-17-4-2-12-29(15-17)16-18-6-9-20(10-7-18)27-24(30)19-8-11-21(26)22(14-19)28-25(31)23-5-3-13-32-23/h3,5-11,13-14,17H,2,4,12,15-16H2,1H3,(H,27,30)(H,28,31). The molecule has 1 aromatic heterocycles. The van der Waals surface area contributed by atoms with Gasteiger partial charge >= 0.3 is 0 Å². The van der Waals surface area contributed by atoms with E-state index in [0.29, 0.717) is 21.2 Å². The number of carbonyl (C=O) groups excluding carboxylic acids is 2. The Kier molecular flexibility index (Phi) is 7.25. The molecule has 0 radical (unpaired) electrons. The molecule has 1 atom stereocenters. The van der Waals surface area contributed by atoms with Gasteiger partial charge in [-0.05, 0) is 72.6 Å². The minimum atomic E-state index is -0.258. The van der Waals surface area contributed by atoms with E-state index >= 15 is 0 Å². The summed E-state index contributed by atoms with van der Waals surface area (Å²) in [6, 6.07) is 16.4. The first-order valence-corrected chi connectivity index (χ1v) is 12.0. The molecule has 2 heterocycles. The molecule has 32 heavy (non-hydrogen) atoms. The molecule has 1 aliphatic heterocycles.